The zero-order chi connectivity index (χ0) is 22.4. The molecule has 31 heavy (non-hydrogen) atoms. The van der Waals surface area contributed by atoms with Crippen LogP contribution in [0, 0.1) is 0 Å². The normalized spacial score (nSPS) is 12.5. The molecule has 10 heteroatoms. The van der Waals surface area contributed by atoms with Gasteiger partial charge in [-0.05, 0) is 29.3 Å². The molecule has 0 spiro atoms. The Morgan fingerprint density at radius 3 is 2.61 bits per heavy atom. The molecule has 0 aliphatic heterocycles. The van der Waals surface area contributed by atoms with Gasteiger partial charge in [0.25, 0.3) is 5.91 Å². The number of carbonyl (C=O) groups is 1. The van der Waals surface area contributed by atoms with Gasteiger partial charge in [-0.3, -0.25) is 9.48 Å². The summed E-state index contributed by atoms with van der Waals surface area (Å²) >= 11 is 3.41. The Labute approximate surface area is 189 Å². The highest BCUT2D eigenvalue weighted by atomic mass is 79.9. The lowest BCUT2D eigenvalue weighted by Crippen LogP contribution is -2.38. The largest absolute Gasteiger partial charge is 0.380 e. The number of aryl methyl sites for hydroxylation is 1. The third-order valence-corrected chi connectivity index (χ3v) is 6.34. The summed E-state index contributed by atoms with van der Waals surface area (Å²) in [5, 5.41) is 6.83. The summed E-state index contributed by atoms with van der Waals surface area (Å²) in [4.78, 5) is 13.0. The first-order chi connectivity index (χ1) is 14.8. The van der Waals surface area contributed by atoms with E-state index in [-0.39, 0.29) is 17.3 Å². The molecule has 0 bridgehead atoms. The van der Waals surface area contributed by atoms with E-state index in [1.165, 1.54) is 17.1 Å². The highest BCUT2D eigenvalue weighted by molar-refractivity contribution is 9.10. The van der Waals surface area contributed by atoms with Gasteiger partial charge in [-0.25, -0.2) is 13.1 Å². The van der Waals surface area contributed by atoms with E-state index in [9.17, 15) is 13.2 Å². The van der Waals surface area contributed by atoms with Crippen LogP contribution >= 0.6 is 15.9 Å². The van der Waals surface area contributed by atoms with Crippen LogP contribution in [0.4, 0.5) is 0 Å². The van der Waals surface area contributed by atoms with Crippen molar-refractivity contribution < 1.29 is 17.9 Å². The van der Waals surface area contributed by atoms with Crippen molar-refractivity contribution >= 4 is 31.9 Å². The molecule has 164 valence electrons. The van der Waals surface area contributed by atoms with Crippen molar-refractivity contribution in [3.8, 4) is 0 Å². The van der Waals surface area contributed by atoms with Crippen LogP contribution in [-0.2, 0) is 28.4 Å². The van der Waals surface area contributed by atoms with Crippen LogP contribution < -0.4 is 10.0 Å². The maximum Gasteiger partial charge on any atom is 0.251 e. The molecule has 2 aromatic carbocycles. The monoisotopic (exact) mass is 506 g/mol. The van der Waals surface area contributed by atoms with Gasteiger partial charge in [0.15, 0.2) is 0 Å². The van der Waals surface area contributed by atoms with E-state index in [4.69, 9.17) is 4.74 Å². The van der Waals surface area contributed by atoms with Crippen LogP contribution in [0.15, 0.2) is 70.3 Å². The summed E-state index contributed by atoms with van der Waals surface area (Å²) in [6.07, 6.45) is 2.69. The minimum absolute atomic E-state index is 0.0219. The predicted octanol–water partition coefficient (Wildman–Crippen LogP) is 2.78. The number of carbonyl (C=O) groups excluding carboxylic acids is 1. The maximum atomic E-state index is 13.0. The second-order valence-electron chi connectivity index (χ2n) is 6.92. The third kappa shape index (κ3) is 6.23. The number of nitrogens with one attached hydrogen (secondary N) is 2. The number of ether oxygens (including phenoxy) is 1. The first kappa shape index (κ1) is 23.1. The molecule has 0 radical (unpaired) electrons. The molecule has 1 heterocycles. The lowest BCUT2D eigenvalue weighted by molar-refractivity contribution is 0.0936. The number of methoxy groups -OCH3 is 1. The average molecular weight is 507 g/mol. The molecule has 8 nitrogen and oxygen atoms in total. The molecule has 3 aromatic rings. The highest BCUT2D eigenvalue weighted by Gasteiger charge is 2.21. The van der Waals surface area contributed by atoms with Crippen molar-refractivity contribution in [3.63, 3.8) is 0 Å². The Bertz CT molecular complexity index is 1150. The number of rotatable bonds is 9. The first-order valence-electron chi connectivity index (χ1n) is 9.41. The van der Waals surface area contributed by atoms with Gasteiger partial charge in [0.2, 0.25) is 10.0 Å². The van der Waals surface area contributed by atoms with E-state index in [0.717, 1.165) is 15.6 Å². The van der Waals surface area contributed by atoms with Gasteiger partial charge in [0.1, 0.15) is 4.90 Å². The summed E-state index contributed by atoms with van der Waals surface area (Å²) in [5.41, 5.74) is 2.06. The van der Waals surface area contributed by atoms with Gasteiger partial charge in [-0.2, -0.15) is 5.10 Å². The minimum Gasteiger partial charge on any atom is -0.380 e. The van der Waals surface area contributed by atoms with Gasteiger partial charge in [0.05, 0.1) is 18.8 Å². The number of nitrogens with zero attached hydrogens (tertiary/aromatic N) is 2. The lowest BCUT2D eigenvalue weighted by atomic mass is 10.1. The molecule has 2 N–H and O–H groups in total. The Kier molecular flexibility index (Phi) is 7.60. The van der Waals surface area contributed by atoms with Gasteiger partial charge in [0, 0.05) is 36.9 Å². The van der Waals surface area contributed by atoms with E-state index in [1.54, 1.807) is 26.3 Å². The predicted molar refractivity (Wildman–Crippen MR) is 120 cm³/mol. The first-order valence-corrected chi connectivity index (χ1v) is 11.7. The van der Waals surface area contributed by atoms with Crippen LogP contribution in [0.2, 0.25) is 0 Å². The molecular weight excluding hydrogens is 484 g/mol. The van der Waals surface area contributed by atoms with Gasteiger partial charge < -0.3 is 10.1 Å². The molecule has 1 amide bonds. The summed E-state index contributed by atoms with van der Waals surface area (Å²) in [7, 11) is -0.548. The van der Waals surface area contributed by atoms with Crippen LogP contribution in [0.25, 0.3) is 0 Å². The van der Waals surface area contributed by atoms with Crippen molar-refractivity contribution in [1.29, 1.82) is 0 Å². The topological polar surface area (TPSA) is 102 Å². The van der Waals surface area contributed by atoms with Crippen LogP contribution in [-0.4, -0.2) is 37.8 Å². The molecule has 0 saturated carbocycles. The fourth-order valence-corrected chi connectivity index (χ4v) is 4.60. The van der Waals surface area contributed by atoms with Gasteiger partial charge in [-0.1, -0.05) is 46.3 Å². The van der Waals surface area contributed by atoms with Crippen molar-refractivity contribution in [3.05, 3.63) is 82.1 Å². The summed E-state index contributed by atoms with van der Waals surface area (Å²) in [6.45, 7) is 0.346. The van der Waals surface area contributed by atoms with E-state index in [0.29, 0.717) is 12.2 Å². The van der Waals surface area contributed by atoms with Crippen LogP contribution in [0.3, 0.4) is 0 Å². The van der Waals surface area contributed by atoms with Gasteiger partial charge in [-0.15, -0.1) is 0 Å². The van der Waals surface area contributed by atoms with Gasteiger partial charge >= 0.3 is 0 Å². The molecule has 1 aromatic heterocycles. The molecule has 0 saturated heterocycles. The van der Waals surface area contributed by atoms with E-state index < -0.39 is 16.1 Å². The number of hydrogen-bond acceptors (Lipinski definition) is 5. The second kappa shape index (κ2) is 10.2. The summed E-state index contributed by atoms with van der Waals surface area (Å²) < 4.78 is 35.1. The molecule has 1 atom stereocenters. The number of amides is 1. The standard InChI is InChI=1S/C21H23BrN4O4S/c1-26-13-19(11-23-26)31(28,29)24-12-20(16-6-4-3-5-7-16)25-21(27)17-8-15(14-30-2)9-18(22)10-17/h3-11,13,20,24H,12,14H2,1-2H3,(H,25,27). The fraction of sp³-hybridized carbons (Fsp3) is 0.238. The molecule has 0 aliphatic carbocycles. The average Bonchev–Trinajstić information content (AvgIpc) is 3.19. The second-order valence-corrected chi connectivity index (χ2v) is 9.60. The summed E-state index contributed by atoms with van der Waals surface area (Å²) in [5.74, 6) is -0.326. The minimum atomic E-state index is -3.77. The lowest BCUT2D eigenvalue weighted by Gasteiger charge is -2.20. The Hall–Kier alpha value is -2.53. The van der Waals surface area contributed by atoms with E-state index >= 15 is 0 Å². The van der Waals surface area contributed by atoms with Crippen molar-refractivity contribution in [1.82, 2.24) is 19.8 Å². The molecular formula is C21H23BrN4O4S. The summed E-state index contributed by atoms with van der Waals surface area (Å²) in [6, 6.07) is 13.9. The fourth-order valence-electron chi connectivity index (χ4n) is 3.02. The third-order valence-electron chi connectivity index (χ3n) is 4.51. The molecule has 3 rings (SSSR count). The smallest absolute Gasteiger partial charge is 0.251 e. The van der Waals surface area contributed by atoms with E-state index in [2.05, 4.69) is 31.1 Å². The number of halogens is 1. The van der Waals surface area contributed by atoms with Crippen molar-refractivity contribution in [2.45, 2.75) is 17.5 Å². The van der Waals surface area contributed by atoms with Crippen LogP contribution in [0.5, 0.6) is 0 Å². The van der Waals surface area contributed by atoms with E-state index in [1.807, 2.05) is 36.4 Å². The van der Waals surface area contributed by atoms with Crippen LogP contribution in [0.1, 0.15) is 27.5 Å². The van der Waals surface area contributed by atoms with Crippen molar-refractivity contribution in [2.75, 3.05) is 13.7 Å². The Balaban J connectivity index is 1.81. The molecule has 0 fully saturated rings. The zero-order valence-corrected chi connectivity index (χ0v) is 19.5. The number of benzene rings is 2. The molecule has 0 aliphatic rings. The zero-order valence-electron chi connectivity index (χ0n) is 17.1. The number of hydrogen-bond donors (Lipinski definition) is 2. The Morgan fingerprint density at radius 1 is 1.23 bits per heavy atom. The number of sulfonamides is 1. The van der Waals surface area contributed by atoms with Crippen molar-refractivity contribution in [2.24, 2.45) is 7.05 Å². The molecule has 1 unspecified atom stereocenters. The number of aromatic nitrogens is 2. The Morgan fingerprint density at radius 2 is 1.97 bits per heavy atom. The highest BCUT2D eigenvalue weighted by Crippen LogP contribution is 2.19. The quantitative estimate of drug-likeness (QED) is 0.464. The SMILES string of the molecule is COCc1cc(Br)cc(C(=O)NC(CNS(=O)(=O)c2cnn(C)c2)c2ccccc2)c1. The maximum absolute atomic E-state index is 13.0.